The number of carbonyl (C=O) groups excluding carboxylic acids is 1. The van der Waals surface area contributed by atoms with Crippen LogP contribution in [-0.2, 0) is 4.79 Å². The normalized spacial score (nSPS) is 24.6. The van der Waals surface area contributed by atoms with Crippen LogP contribution < -0.4 is 5.32 Å². The minimum Gasteiger partial charge on any atom is -0.339 e. The SMILES string of the molecule is CC(C)NCCCC(=O)N1CCCC1C1CCCCC1. The van der Waals surface area contributed by atoms with Gasteiger partial charge in [0.1, 0.15) is 0 Å². The summed E-state index contributed by atoms with van der Waals surface area (Å²) >= 11 is 0. The molecule has 0 radical (unpaired) electrons. The Hall–Kier alpha value is -0.570. The fourth-order valence-corrected chi connectivity index (χ4v) is 3.89. The lowest BCUT2D eigenvalue weighted by atomic mass is 9.83. The molecule has 0 aromatic carbocycles. The van der Waals surface area contributed by atoms with Crippen LogP contribution in [0.3, 0.4) is 0 Å². The predicted octanol–water partition coefficient (Wildman–Crippen LogP) is 3.34. The van der Waals surface area contributed by atoms with Crippen molar-refractivity contribution in [3.05, 3.63) is 0 Å². The Kier molecular flexibility index (Phi) is 6.34. The first-order valence-corrected chi connectivity index (χ1v) is 8.71. The summed E-state index contributed by atoms with van der Waals surface area (Å²) in [6, 6.07) is 1.09. The fourth-order valence-electron chi connectivity index (χ4n) is 3.89. The molecule has 2 aliphatic rings. The van der Waals surface area contributed by atoms with Crippen LogP contribution in [0.15, 0.2) is 0 Å². The van der Waals surface area contributed by atoms with E-state index in [9.17, 15) is 4.79 Å². The second-order valence-electron chi connectivity index (χ2n) is 6.91. The van der Waals surface area contributed by atoms with E-state index in [-0.39, 0.29) is 0 Å². The lowest BCUT2D eigenvalue weighted by Gasteiger charge is -2.34. The number of rotatable bonds is 6. The first-order valence-electron chi connectivity index (χ1n) is 8.71. The van der Waals surface area contributed by atoms with Gasteiger partial charge in [0.2, 0.25) is 5.91 Å². The van der Waals surface area contributed by atoms with Crippen molar-refractivity contribution < 1.29 is 4.79 Å². The molecule has 1 heterocycles. The van der Waals surface area contributed by atoms with Gasteiger partial charge in [-0.3, -0.25) is 4.79 Å². The van der Waals surface area contributed by atoms with Gasteiger partial charge in [0, 0.05) is 25.0 Å². The zero-order valence-electron chi connectivity index (χ0n) is 13.4. The molecule has 0 bridgehead atoms. The summed E-state index contributed by atoms with van der Waals surface area (Å²) < 4.78 is 0. The first kappa shape index (κ1) is 15.8. The van der Waals surface area contributed by atoms with Crippen LogP contribution in [0, 0.1) is 5.92 Å². The van der Waals surface area contributed by atoms with Gasteiger partial charge >= 0.3 is 0 Å². The monoisotopic (exact) mass is 280 g/mol. The quantitative estimate of drug-likeness (QED) is 0.757. The summed E-state index contributed by atoms with van der Waals surface area (Å²) in [5.41, 5.74) is 0. The topological polar surface area (TPSA) is 32.3 Å². The van der Waals surface area contributed by atoms with Gasteiger partial charge in [0.15, 0.2) is 0 Å². The summed E-state index contributed by atoms with van der Waals surface area (Å²) in [4.78, 5) is 14.7. The standard InChI is InChI=1S/C17H32N2O/c1-14(2)18-12-6-11-17(20)19-13-7-10-16(19)15-8-4-3-5-9-15/h14-16,18H,3-13H2,1-2H3. The van der Waals surface area contributed by atoms with Gasteiger partial charge in [-0.15, -0.1) is 0 Å². The van der Waals surface area contributed by atoms with Gasteiger partial charge in [-0.1, -0.05) is 33.1 Å². The molecule has 1 saturated carbocycles. The molecule has 1 aliphatic heterocycles. The third-order valence-electron chi connectivity index (χ3n) is 4.93. The molecule has 1 unspecified atom stereocenters. The molecule has 1 saturated heterocycles. The minimum atomic E-state index is 0.406. The van der Waals surface area contributed by atoms with Gasteiger partial charge < -0.3 is 10.2 Å². The van der Waals surface area contributed by atoms with Crippen LogP contribution >= 0.6 is 0 Å². The molecule has 1 aliphatic carbocycles. The molecular formula is C17H32N2O. The highest BCUT2D eigenvalue weighted by molar-refractivity contribution is 5.76. The largest absolute Gasteiger partial charge is 0.339 e. The highest BCUT2D eigenvalue weighted by Crippen LogP contribution is 2.34. The van der Waals surface area contributed by atoms with Crippen molar-refractivity contribution in [3.8, 4) is 0 Å². The number of hydrogen-bond acceptors (Lipinski definition) is 2. The average molecular weight is 280 g/mol. The van der Waals surface area contributed by atoms with Crippen LogP contribution in [0.25, 0.3) is 0 Å². The van der Waals surface area contributed by atoms with Gasteiger partial charge in [-0.05, 0) is 44.6 Å². The van der Waals surface area contributed by atoms with E-state index in [1.54, 1.807) is 0 Å². The van der Waals surface area contributed by atoms with Gasteiger partial charge in [-0.25, -0.2) is 0 Å². The molecule has 3 heteroatoms. The maximum atomic E-state index is 12.4. The Balaban J connectivity index is 1.75. The lowest BCUT2D eigenvalue weighted by molar-refractivity contribution is -0.133. The molecule has 3 nitrogen and oxygen atoms in total. The molecule has 1 N–H and O–H groups in total. The second kappa shape index (κ2) is 8.02. The van der Waals surface area contributed by atoms with Crippen molar-refractivity contribution in [2.75, 3.05) is 13.1 Å². The number of carbonyl (C=O) groups is 1. The van der Waals surface area contributed by atoms with Crippen LogP contribution in [0.5, 0.6) is 0 Å². The Bertz CT molecular complexity index is 297. The molecular weight excluding hydrogens is 248 g/mol. The number of hydrogen-bond donors (Lipinski definition) is 1. The van der Waals surface area contributed by atoms with Crippen LogP contribution in [0.2, 0.25) is 0 Å². The van der Waals surface area contributed by atoms with Crippen LogP contribution in [0.4, 0.5) is 0 Å². The van der Waals surface area contributed by atoms with Crippen molar-refractivity contribution in [1.82, 2.24) is 10.2 Å². The van der Waals surface area contributed by atoms with Gasteiger partial charge in [-0.2, -0.15) is 0 Å². The molecule has 0 spiro atoms. The molecule has 1 atom stereocenters. The third-order valence-corrected chi connectivity index (χ3v) is 4.93. The first-order chi connectivity index (χ1) is 9.68. The van der Waals surface area contributed by atoms with Crippen LogP contribution in [-0.4, -0.2) is 36.0 Å². The molecule has 1 amide bonds. The summed E-state index contributed by atoms with van der Waals surface area (Å²) in [6.45, 7) is 6.28. The molecule has 2 fully saturated rings. The average Bonchev–Trinajstić information content (AvgIpc) is 2.93. The van der Waals surface area contributed by atoms with E-state index in [2.05, 4.69) is 24.1 Å². The Morgan fingerprint density at radius 1 is 1.15 bits per heavy atom. The van der Waals surface area contributed by atoms with Crippen molar-refractivity contribution in [3.63, 3.8) is 0 Å². The van der Waals surface area contributed by atoms with E-state index in [1.807, 2.05) is 0 Å². The Morgan fingerprint density at radius 3 is 2.60 bits per heavy atom. The van der Waals surface area contributed by atoms with E-state index < -0.39 is 0 Å². The van der Waals surface area contributed by atoms with Crippen molar-refractivity contribution in [2.24, 2.45) is 5.92 Å². The molecule has 20 heavy (non-hydrogen) atoms. The Labute approximate surface area is 124 Å². The van der Waals surface area contributed by atoms with E-state index >= 15 is 0 Å². The molecule has 0 aromatic heterocycles. The molecule has 2 rings (SSSR count). The lowest BCUT2D eigenvalue weighted by Crippen LogP contribution is -2.41. The predicted molar refractivity (Wildman–Crippen MR) is 83.7 cm³/mol. The highest BCUT2D eigenvalue weighted by Gasteiger charge is 2.34. The smallest absolute Gasteiger partial charge is 0.222 e. The number of amides is 1. The summed E-state index contributed by atoms with van der Waals surface area (Å²) in [6.07, 6.45) is 11.0. The van der Waals surface area contributed by atoms with Gasteiger partial charge in [0.25, 0.3) is 0 Å². The van der Waals surface area contributed by atoms with Crippen molar-refractivity contribution in [1.29, 1.82) is 0 Å². The number of nitrogens with zero attached hydrogens (tertiary/aromatic N) is 1. The van der Waals surface area contributed by atoms with E-state index in [0.717, 1.165) is 31.8 Å². The van der Waals surface area contributed by atoms with E-state index in [1.165, 1.54) is 44.9 Å². The molecule has 0 aromatic rings. The van der Waals surface area contributed by atoms with Crippen LogP contribution in [0.1, 0.15) is 71.6 Å². The Morgan fingerprint density at radius 2 is 1.90 bits per heavy atom. The fraction of sp³-hybridized carbons (Fsp3) is 0.941. The highest BCUT2D eigenvalue weighted by atomic mass is 16.2. The third kappa shape index (κ3) is 4.47. The van der Waals surface area contributed by atoms with Gasteiger partial charge in [0.05, 0.1) is 0 Å². The summed E-state index contributed by atoms with van der Waals surface area (Å²) in [7, 11) is 0. The summed E-state index contributed by atoms with van der Waals surface area (Å²) in [5.74, 6) is 1.20. The zero-order chi connectivity index (χ0) is 14.4. The second-order valence-corrected chi connectivity index (χ2v) is 6.91. The zero-order valence-corrected chi connectivity index (χ0v) is 13.4. The van der Waals surface area contributed by atoms with E-state index in [4.69, 9.17) is 0 Å². The summed E-state index contributed by atoms with van der Waals surface area (Å²) in [5, 5.41) is 3.40. The molecule has 116 valence electrons. The maximum Gasteiger partial charge on any atom is 0.222 e. The minimum absolute atomic E-state index is 0.406. The van der Waals surface area contributed by atoms with Crippen molar-refractivity contribution in [2.45, 2.75) is 83.7 Å². The number of likely N-dealkylation sites (tertiary alicyclic amines) is 1. The van der Waals surface area contributed by atoms with Crippen molar-refractivity contribution >= 4 is 5.91 Å². The van der Waals surface area contributed by atoms with E-state index in [0.29, 0.717) is 18.0 Å². The number of nitrogens with one attached hydrogen (secondary N) is 1. The maximum absolute atomic E-state index is 12.4.